The summed E-state index contributed by atoms with van der Waals surface area (Å²) in [5, 5.41) is 2.75. The van der Waals surface area contributed by atoms with Gasteiger partial charge in [-0.2, -0.15) is 0 Å². The molecule has 8 heteroatoms. The largest absolute Gasteiger partial charge is 0.484 e. The molecule has 0 bridgehead atoms. The summed E-state index contributed by atoms with van der Waals surface area (Å²) >= 11 is 0. The first-order valence-corrected chi connectivity index (χ1v) is 13.5. The molecule has 1 aliphatic carbocycles. The molecule has 1 N–H and O–H groups in total. The number of fused-ring (bicyclic) bond motifs is 1. The van der Waals surface area contributed by atoms with Crippen molar-refractivity contribution in [3.63, 3.8) is 0 Å². The maximum Gasteiger partial charge on any atom is 0.273 e. The average molecular weight is 540 g/mol. The third-order valence-electron chi connectivity index (χ3n) is 7.46. The predicted octanol–water partition coefficient (Wildman–Crippen LogP) is 5.52. The van der Waals surface area contributed by atoms with Gasteiger partial charge in [-0.1, -0.05) is 48.0 Å². The summed E-state index contributed by atoms with van der Waals surface area (Å²) in [6.07, 6.45) is 4.02. The van der Waals surface area contributed by atoms with Crippen LogP contribution in [0.1, 0.15) is 63.1 Å². The van der Waals surface area contributed by atoms with Gasteiger partial charge in [-0.3, -0.25) is 9.59 Å². The number of hydrogen-bond acceptors (Lipinski definition) is 5. The molecular formula is C32H30FN3O4. The molecular weight excluding hydrogens is 509 g/mol. The summed E-state index contributed by atoms with van der Waals surface area (Å²) in [5.41, 5.74) is 5.44. The SMILES string of the molecule is Cc1ccc(C2c3cc(OCc4nc(C(=O)NCc5ccc(F)cc5)co4)ccc3CCN2C(=O)C2CC2)cc1. The van der Waals surface area contributed by atoms with Crippen LogP contribution >= 0.6 is 0 Å². The van der Waals surface area contributed by atoms with E-state index in [-0.39, 0.29) is 48.4 Å². The van der Waals surface area contributed by atoms with Crippen LogP contribution in [-0.2, 0) is 24.4 Å². The lowest BCUT2D eigenvalue weighted by Crippen LogP contribution is -2.41. The minimum absolute atomic E-state index is 0.0456. The molecule has 204 valence electrons. The smallest absolute Gasteiger partial charge is 0.273 e. The number of carbonyl (C=O) groups excluding carboxylic acids is 2. The Hall–Kier alpha value is -4.46. The van der Waals surface area contributed by atoms with Crippen LogP contribution in [0.25, 0.3) is 0 Å². The van der Waals surface area contributed by atoms with E-state index in [1.165, 1.54) is 29.5 Å². The Labute approximate surface area is 232 Å². The molecule has 2 heterocycles. The molecule has 3 aromatic carbocycles. The first-order valence-electron chi connectivity index (χ1n) is 13.5. The molecule has 0 spiro atoms. The highest BCUT2D eigenvalue weighted by Crippen LogP contribution is 2.41. The second kappa shape index (κ2) is 11.0. The first kappa shape index (κ1) is 25.8. The molecule has 0 saturated heterocycles. The number of oxazole rings is 1. The van der Waals surface area contributed by atoms with Crippen molar-refractivity contribution in [3.8, 4) is 5.75 Å². The fraction of sp³-hybridized carbons (Fsp3) is 0.281. The second-order valence-corrected chi connectivity index (χ2v) is 10.5. The number of hydrogen-bond donors (Lipinski definition) is 1. The van der Waals surface area contributed by atoms with Crippen LogP contribution in [0.4, 0.5) is 4.39 Å². The van der Waals surface area contributed by atoms with Crippen molar-refractivity contribution in [3.05, 3.63) is 118 Å². The number of aryl methyl sites for hydroxylation is 1. The summed E-state index contributed by atoms with van der Waals surface area (Å²) in [7, 11) is 0. The van der Waals surface area contributed by atoms with Gasteiger partial charge in [0.25, 0.3) is 5.91 Å². The van der Waals surface area contributed by atoms with Crippen molar-refractivity contribution in [1.29, 1.82) is 0 Å². The molecule has 2 aliphatic rings. The number of amides is 2. The van der Waals surface area contributed by atoms with Gasteiger partial charge in [0.2, 0.25) is 11.8 Å². The third kappa shape index (κ3) is 5.61. The topological polar surface area (TPSA) is 84.7 Å². The van der Waals surface area contributed by atoms with Gasteiger partial charge >= 0.3 is 0 Å². The lowest BCUT2D eigenvalue weighted by Gasteiger charge is -2.38. The van der Waals surface area contributed by atoms with Crippen LogP contribution < -0.4 is 10.1 Å². The Kier molecular flexibility index (Phi) is 7.07. The molecule has 1 aromatic heterocycles. The summed E-state index contributed by atoms with van der Waals surface area (Å²) in [6.45, 7) is 3.05. The Balaban J connectivity index is 1.15. The van der Waals surface area contributed by atoms with Crippen LogP contribution in [0, 0.1) is 18.7 Å². The summed E-state index contributed by atoms with van der Waals surface area (Å²) in [5.74, 6) is 0.551. The zero-order chi connectivity index (χ0) is 27.6. The van der Waals surface area contributed by atoms with Gasteiger partial charge in [0.15, 0.2) is 12.3 Å². The first-order chi connectivity index (χ1) is 19.4. The second-order valence-electron chi connectivity index (χ2n) is 10.5. The Morgan fingerprint density at radius 2 is 1.85 bits per heavy atom. The van der Waals surface area contributed by atoms with E-state index in [0.717, 1.165) is 36.0 Å². The Morgan fingerprint density at radius 3 is 2.60 bits per heavy atom. The maximum atomic E-state index is 13.2. The van der Waals surface area contributed by atoms with Crippen LogP contribution in [0.2, 0.25) is 0 Å². The highest BCUT2D eigenvalue weighted by atomic mass is 19.1. The molecule has 1 unspecified atom stereocenters. The third-order valence-corrected chi connectivity index (χ3v) is 7.46. The molecule has 7 nitrogen and oxygen atoms in total. The molecule has 1 atom stereocenters. The predicted molar refractivity (Wildman–Crippen MR) is 146 cm³/mol. The van der Waals surface area contributed by atoms with Crippen LogP contribution in [-0.4, -0.2) is 28.2 Å². The fourth-order valence-corrected chi connectivity index (χ4v) is 5.10. The van der Waals surface area contributed by atoms with Crippen LogP contribution in [0.3, 0.4) is 0 Å². The van der Waals surface area contributed by atoms with Gasteiger partial charge in [-0.25, -0.2) is 9.37 Å². The number of rotatable bonds is 8. The van der Waals surface area contributed by atoms with Crippen molar-refractivity contribution >= 4 is 11.8 Å². The lowest BCUT2D eigenvalue weighted by atomic mass is 9.87. The van der Waals surface area contributed by atoms with E-state index in [2.05, 4.69) is 47.6 Å². The standard InChI is InChI=1S/C32H30FN3O4/c1-20-2-6-23(7-3-20)30-27-16-26(13-10-22(27)14-15-36(30)32(38)24-8-9-24)39-19-29-35-28(18-40-29)31(37)34-17-21-4-11-25(33)12-5-21/h2-7,10-13,16,18,24,30H,8-9,14-15,17,19H2,1H3,(H,34,37). The van der Waals surface area contributed by atoms with E-state index in [1.54, 1.807) is 12.1 Å². The van der Waals surface area contributed by atoms with Crippen LogP contribution in [0.15, 0.2) is 77.4 Å². The zero-order valence-corrected chi connectivity index (χ0v) is 22.2. The van der Waals surface area contributed by atoms with E-state index in [9.17, 15) is 14.0 Å². The number of ether oxygens (including phenoxy) is 1. The quantitative estimate of drug-likeness (QED) is 0.319. The maximum absolute atomic E-state index is 13.2. The normalized spacial score (nSPS) is 16.4. The molecule has 1 aliphatic heterocycles. The lowest BCUT2D eigenvalue weighted by molar-refractivity contribution is -0.134. The van der Waals surface area contributed by atoms with Gasteiger partial charge in [-0.05, 0) is 72.7 Å². The number of carbonyl (C=O) groups is 2. The average Bonchev–Trinajstić information content (AvgIpc) is 3.72. The highest BCUT2D eigenvalue weighted by Gasteiger charge is 2.39. The summed E-state index contributed by atoms with van der Waals surface area (Å²) in [4.78, 5) is 32.0. The molecule has 6 rings (SSSR count). The number of aromatic nitrogens is 1. The van der Waals surface area contributed by atoms with E-state index in [4.69, 9.17) is 9.15 Å². The van der Waals surface area contributed by atoms with E-state index in [1.807, 2.05) is 17.0 Å². The summed E-state index contributed by atoms with van der Waals surface area (Å²) < 4.78 is 24.6. The summed E-state index contributed by atoms with van der Waals surface area (Å²) in [6, 6.07) is 20.1. The number of nitrogens with one attached hydrogen (secondary N) is 1. The minimum atomic E-state index is -0.394. The Morgan fingerprint density at radius 1 is 1.07 bits per heavy atom. The van der Waals surface area contributed by atoms with Crippen molar-refractivity contribution in [2.45, 2.75) is 45.4 Å². The molecule has 40 heavy (non-hydrogen) atoms. The molecule has 1 saturated carbocycles. The molecule has 1 fully saturated rings. The van der Waals surface area contributed by atoms with E-state index >= 15 is 0 Å². The van der Waals surface area contributed by atoms with Crippen molar-refractivity contribution in [2.75, 3.05) is 6.54 Å². The van der Waals surface area contributed by atoms with E-state index < -0.39 is 5.91 Å². The molecule has 4 aromatic rings. The van der Waals surface area contributed by atoms with Gasteiger partial charge in [0, 0.05) is 19.0 Å². The number of nitrogens with zero attached hydrogens (tertiary/aromatic N) is 2. The van der Waals surface area contributed by atoms with Crippen molar-refractivity contribution in [1.82, 2.24) is 15.2 Å². The van der Waals surface area contributed by atoms with Gasteiger partial charge in [-0.15, -0.1) is 0 Å². The number of benzene rings is 3. The molecule has 0 radical (unpaired) electrons. The minimum Gasteiger partial charge on any atom is -0.484 e. The molecule has 2 amide bonds. The highest BCUT2D eigenvalue weighted by molar-refractivity contribution is 5.91. The zero-order valence-electron chi connectivity index (χ0n) is 22.2. The fourth-order valence-electron chi connectivity index (χ4n) is 5.10. The van der Waals surface area contributed by atoms with Crippen LogP contribution in [0.5, 0.6) is 5.75 Å². The monoisotopic (exact) mass is 539 g/mol. The number of halogens is 1. The van der Waals surface area contributed by atoms with Gasteiger partial charge in [0.1, 0.15) is 17.8 Å². The van der Waals surface area contributed by atoms with Gasteiger partial charge < -0.3 is 19.4 Å². The van der Waals surface area contributed by atoms with Crippen molar-refractivity contribution < 1.29 is 23.1 Å². The van der Waals surface area contributed by atoms with E-state index in [0.29, 0.717) is 12.3 Å². The van der Waals surface area contributed by atoms with Gasteiger partial charge in [0.05, 0.1) is 6.04 Å². The Bertz CT molecular complexity index is 1530. The van der Waals surface area contributed by atoms with Crippen molar-refractivity contribution in [2.24, 2.45) is 5.92 Å².